The zero-order valence-electron chi connectivity index (χ0n) is 8.24. The van der Waals surface area contributed by atoms with Crippen LogP contribution in [-0.2, 0) is 16.1 Å². The number of carbonyl (C=O) groups excluding carboxylic acids is 1. The third kappa shape index (κ3) is 3.28. The van der Waals surface area contributed by atoms with Crippen molar-refractivity contribution < 1.29 is 9.53 Å². The van der Waals surface area contributed by atoms with Gasteiger partial charge in [0.15, 0.2) is 0 Å². The minimum atomic E-state index is -0.169. The fourth-order valence-corrected chi connectivity index (χ4v) is 1.52. The predicted molar refractivity (Wildman–Crippen MR) is 60.7 cm³/mol. The second kappa shape index (κ2) is 5.33. The molecule has 0 N–H and O–H groups in total. The summed E-state index contributed by atoms with van der Waals surface area (Å²) in [5, 5.41) is 4.10. The summed E-state index contributed by atoms with van der Waals surface area (Å²) in [5.74, 6) is -0.316. The average molecular weight is 308 g/mol. The van der Waals surface area contributed by atoms with Crippen molar-refractivity contribution in [3.63, 3.8) is 0 Å². The monoisotopic (exact) mass is 308 g/mol. The van der Waals surface area contributed by atoms with E-state index < -0.39 is 0 Å². The van der Waals surface area contributed by atoms with Crippen molar-refractivity contribution >= 4 is 28.6 Å². The molecule has 1 unspecified atom stereocenters. The molecule has 1 aromatic rings. The van der Waals surface area contributed by atoms with Crippen molar-refractivity contribution in [2.24, 2.45) is 5.92 Å². The van der Waals surface area contributed by atoms with Gasteiger partial charge < -0.3 is 4.74 Å². The van der Waals surface area contributed by atoms with E-state index in [-0.39, 0.29) is 11.9 Å². The highest BCUT2D eigenvalue weighted by Crippen LogP contribution is 2.06. The van der Waals surface area contributed by atoms with Crippen LogP contribution in [0.5, 0.6) is 0 Å². The third-order valence-electron chi connectivity index (χ3n) is 1.75. The lowest BCUT2D eigenvalue weighted by atomic mass is 10.2. The van der Waals surface area contributed by atoms with E-state index in [1.165, 1.54) is 0 Å². The molecule has 0 amide bonds. The van der Waals surface area contributed by atoms with Gasteiger partial charge in [-0.3, -0.25) is 9.48 Å². The molecule has 0 aliphatic heterocycles. The van der Waals surface area contributed by atoms with Crippen molar-refractivity contribution in [3.8, 4) is 0 Å². The maximum Gasteiger partial charge on any atom is 0.310 e. The Morgan fingerprint density at radius 3 is 3.00 bits per heavy atom. The minimum absolute atomic E-state index is 0.148. The molecule has 0 fully saturated rings. The summed E-state index contributed by atoms with van der Waals surface area (Å²) in [5.41, 5.74) is 0. The lowest BCUT2D eigenvalue weighted by Crippen LogP contribution is -2.20. The van der Waals surface area contributed by atoms with Gasteiger partial charge in [-0.05, 0) is 29.5 Å². The number of aromatic nitrogens is 2. The number of nitrogens with zero attached hydrogens (tertiary/aromatic N) is 2. The second-order valence-electron chi connectivity index (χ2n) is 3.03. The summed E-state index contributed by atoms with van der Waals surface area (Å²) in [6.45, 7) is 4.65. The summed E-state index contributed by atoms with van der Waals surface area (Å²) >= 11 is 2.18. The fraction of sp³-hybridized carbons (Fsp3) is 0.556. The van der Waals surface area contributed by atoms with Gasteiger partial charge in [0.1, 0.15) is 0 Å². The normalized spacial score (nSPS) is 12.5. The molecule has 5 heteroatoms. The maximum absolute atomic E-state index is 11.3. The van der Waals surface area contributed by atoms with E-state index in [0.29, 0.717) is 13.2 Å². The maximum atomic E-state index is 11.3. The predicted octanol–water partition coefficient (Wildman–Crippen LogP) is 1.69. The van der Waals surface area contributed by atoms with Crippen LogP contribution < -0.4 is 0 Å². The zero-order chi connectivity index (χ0) is 10.6. The topological polar surface area (TPSA) is 44.1 Å². The molecule has 1 aromatic heterocycles. The van der Waals surface area contributed by atoms with Gasteiger partial charge in [0.25, 0.3) is 0 Å². The van der Waals surface area contributed by atoms with Gasteiger partial charge >= 0.3 is 5.97 Å². The van der Waals surface area contributed by atoms with E-state index in [0.717, 1.165) is 3.57 Å². The van der Waals surface area contributed by atoms with Gasteiger partial charge in [-0.2, -0.15) is 5.10 Å². The Balaban J connectivity index is 2.48. The molecule has 0 aliphatic carbocycles. The number of hydrogen-bond donors (Lipinski definition) is 0. The number of ether oxygens (including phenoxy) is 1. The summed E-state index contributed by atoms with van der Waals surface area (Å²) < 4.78 is 7.72. The van der Waals surface area contributed by atoms with E-state index in [2.05, 4.69) is 27.7 Å². The highest BCUT2D eigenvalue weighted by atomic mass is 127. The Kier molecular flexibility index (Phi) is 4.37. The van der Waals surface area contributed by atoms with Crippen LogP contribution in [-0.4, -0.2) is 22.4 Å². The molecule has 0 spiro atoms. The molecule has 0 aromatic carbocycles. The van der Waals surface area contributed by atoms with Crippen molar-refractivity contribution in [1.29, 1.82) is 0 Å². The molecule has 0 saturated carbocycles. The van der Waals surface area contributed by atoms with E-state index in [4.69, 9.17) is 4.74 Å². The summed E-state index contributed by atoms with van der Waals surface area (Å²) in [6.07, 6.45) is 3.66. The van der Waals surface area contributed by atoms with Gasteiger partial charge in [-0.25, -0.2) is 0 Å². The van der Waals surface area contributed by atoms with Crippen LogP contribution in [0.25, 0.3) is 0 Å². The third-order valence-corrected chi connectivity index (χ3v) is 2.31. The molecule has 0 aliphatic rings. The Morgan fingerprint density at radius 1 is 1.79 bits per heavy atom. The standard InChI is InChI=1S/C9H13IN2O2/c1-3-14-9(13)7(2)5-12-6-8(10)4-11-12/h4,6-7H,3,5H2,1-2H3. The van der Waals surface area contributed by atoms with Crippen LogP contribution in [0.1, 0.15) is 13.8 Å². The quantitative estimate of drug-likeness (QED) is 0.628. The number of rotatable bonds is 4. The SMILES string of the molecule is CCOC(=O)C(C)Cn1cc(I)cn1. The number of halogens is 1. The summed E-state index contributed by atoms with van der Waals surface area (Å²) in [7, 11) is 0. The molecule has 1 atom stereocenters. The van der Waals surface area contributed by atoms with E-state index in [9.17, 15) is 4.79 Å². The Labute approximate surface area is 96.8 Å². The first-order valence-electron chi connectivity index (χ1n) is 4.48. The van der Waals surface area contributed by atoms with Crippen LogP contribution >= 0.6 is 22.6 Å². The molecule has 1 heterocycles. The number of hydrogen-bond acceptors (Lipinski definition) is 3. The van der Waals surface area contributed by atoms with E-state index in [1.54, 1.807) is 10.9 Å². The molecule has 4 nitrogen and oxygen atoms in total. The van der Waals surface area contributed by atoms with Crippen LogP contribution in [0, 0.1) is 9.49 Å². The molecular formula is C9H13IN2O2. The smallest absolute Gasteiger partial charge is 0.310 e. The van der Waals surface area contributed by atoms with Gasteiger partial charge in [0.05, 0.1) is 28.8 Å². The van der Waals surface area contributed by atoms with Crippen molar-refractivity contribution in [2.45, 2.75) is 20.4 Å². The molecule has 0 bridgehead atoms. The van der Waals surface area contributed by atoms with Gasteiger partial charge in [0.2, 0.25) is 0 Å². The first-order chi connectivity index (χ1) is 6.63. The van der Waals surface area contributed by atoms with Gasteiger partial charge in [-0.15, -0.1) is 0 Å². The zero-order valence-corrected chi connectivity index (χ0v) is 10.4. The molecule has 78 valence electrons. The van der Waals surface area contributed by atoms with Crippen LogP contribution in [0.2, 0.25) is 0 Å². The number of carbonyl (C=O) groups is 1. The fourth-order valence-electron chi connectivity index (χ4n) is 1.08. The van der Waals surface area contributed by atoms with Crippen LogP contribution in [0.3, 0.4) is 0 Å². The largest absolute Gasteiger partial charge is 0.466 e. The van der Waals surface area contributed by atoms with Gasteiger partial charge in [0, 0.05) is 6.20 Å². The molecule has 14 heavy (non-hydrogen) atoms. The Bertz CT molecular complexity index is 312. The summed E-state index contributed by atoms with van der Waals surface area (Å²) in [4.78, 5) is 11.3. The van der Waals surface area contributed by atoms with E-state index >= 15 is 0 Å². The van der Waals surface area contributed by atoms with Crippen LogP contribution in [0.15, 0.2) is 12.4 Å². The first kappa shape index (κ1) is 11.5. The first-order valence-corrected chi connectivity index (χ1v) is 5.56. The molecule has 1 rings (SSSR count). The lowest BCUT2D eigenvalue weighted by Gasteiger charge is -2.09. The minimum Gasteiger partial charge on any atom is -0.466 e. The Hall–Kier alpha value is -0.590. The lowest BCUT2D eigenvalue weighted by molar-refractivity contribution is -0.147. The van der Waals surface area contributed by atoms with Gasteiger partial charge in [-0.1, -0.05) is 6.92 Å². The van der Waals surface area contributed by atoms with Crippen molar-refractivity contribution in [1.82, 2.24) is 9.78 Å². The van der Waals surface area contributed by atoms with Crippen LogP contribution in [0.4, 0.5) is 0 Å². The highest BCUT2D eigenvalue weighted by Gasteiger charge is 2.14. The Morgan fingerprint density at radius 2 is 2.50 bits per heavy atom. The van der Waals surface area contributed by atoms with E-state index in [1.807, 2.05) is 20.0 Å². The summed E-state index contributed by atoms with van der Waals surface area (Å²) in [6, 6.07) is 0. The molecule has 0 saturated heterocycles. The number of esters is 1. The van der Waals surface area contributed by atoms with Crippen molar-refractivity contribution in [2.75, 3.05) is 6.61 Å². The molecular weight excluding hydrogens is 295 g/mol. The van der Waals surface area contributed by atoms with Crippen molar-refractivity contribution in [3.05, 3.63) is 16.0 Å². The average Bonchev–Trinajstić information content (AvgIpc) is 2.51. The molecule has 0 radical (unpaired) electrons. The second-order valence-corrected chi connectivity index (χ2v) is 4.28. The highest BCUT2D eigenvalue weighted by molar-refractivity contribution is 14.1.